The summed E-state index contributed by atoms with van der Waals surface area (Å²) in [6.45, 7) is 6.34. The number of urea groups is 1. The van der Waals surface area contributed by atoms with E-state index in [1.807, 2.05) is 13.8 Å². The highest BCUT2D eigenvalue weighted by atomic mass is 16.4. The Morgan fingerprint density at radius 2 is 2.00 bits per heavy atom. The van der Waals surface area contributed by atoms with Crippen LogP contribution >= 0.6 is 0 Å². The predicted molar refractivity (Wildman–Crippen MR) is 69.4 cm³/mol. The fourth-order valence-corrected chi connectivity index (χ4v) is 1.98. The Labute approximate surface area is 109 Å². The van der Waals surface area contributed by atoms with Crippen LogP contribution < -0.4 is 5.32 Å². The molecule has 1 saturated carbocycles. The first kappa shape index (κ1) is 14.8. The van der Waals surface area contributed by atoms with E-state index in [9.17, 15) is 9.59 Å². The number of carbonyl (C=O) groups excluding carboxylic acids is 1. The van der Waals surface area contributed by atoms with Gasteiger partial charge in [0.1, 0.15) is 6.54 Å². The number of amides is 2. The first-order chi connectivity index (χ1) is 8.45. The van der Waals surface area contributed by atoms with Crippen molar-refractivity contribution in [2.75, 3.05) is 13.1 Å². The SMILES string of the molecule is CCC(C)N(CC(=O)O)C(=O)NCC(C)C1CC1. The second-order valence-corrected chi connectivity index (χ2v) is 5.28. The maximum Gasteiger partial charge on any atom is 0.323 e. The third-order valence-electron chi connectivity index (χ3n) is 3.69. The molecule has 1 fully saturated rings. The zero-order valence-corrected chi connectivity index (χ0v) is 11.5. The van der Waals surface area contributed by atoms with Crippen molar-refractivity contribution < 1.29 is 14.7 Å². The van der Waals surface area contributed by atoms with Crippen molar-refractivity contribution in [2.45, 2.75) is 46.1 Å². The molecular formula is C13H24N2O3. The van der Waals surface area contributed by atoms with Gasteiger partial charge in [0.2, 0.25) is 0 Å². The van der Waals surface area contributed by atoms with E-state index >= 15 is 0 Å². The number of carbonyl (C=O) groups is 2. The molecule has 1 rings (SSSR count). The van der Waals surface area contributed by atoms with Gasteiger partial charge in [0.05, 0.1) is 0 Å². The molecule has 0 radical (unpaired) electrons. The van der Waals surface area contributed by atoms with Gasteiger partial charge in [-0.3, -0.25) is 4.79 Å². The molecule has 0 bridgehead atoms. The van der Waals surface area contributed by atoms with Crippen LogP contribution in [0.2, 0.25) is 0 Å². The Bertz CT molecular complexity index is 303. The van der Waals surface area contributed by atoms with E-state index in [1.165, 1.54) is 17.7 Å². The maximum atomic E-state index is 12.0. The van der Waals surface area contributed by atoms with Crippen molar-refractivity contribution >= 4 is 12.0 Å². The highest BCUT2D eigenvalue weighted by molar-refractivity contribution is 5.80. The zero-order valence-electron chi connectivity index (χ0n) is 11.5. The average molecular weight is 256 g/mol. The summed E-state index contributed by atoms with van der Waals surface area (Å²) < 4.78 is 0. The summed E-state index contributed by atoms with van der Waals surface area (Å²) in [5.74, 6) is 0.250. The fraction of sp³-hybridized carbons (Fsp3) is 0.846. The van der Waals surface area contributed by atoms with Crippen molar-refractivity contribution in [2.24, 2.45) is 11.8 Å². The van der Waals surface area contributed by atoms with Crippen molar-refractivity contribution in [3.63, 3.8) is 0 Å². The number of nitrogens with one attached hydrogen (secondary N) is 1. The molecule has 0 aromatic carbocycles. The molecule has 0 aromatic rings. The van der Waals surface area contributed by atoms with Gasteiger partial charge >= 0.3 is 12.0 Å². The molecule has 2 atom stereocenters. The van der Waals surface area contributed by atoms with Crippen LogP contribution in [-0.4, -0.2) is 41.1 Å². The van der Waals surface area contributed by atoms with Crippen molar-refractivity contribution in [3.05, 3.63) is 0 Å². The lowest BCUT2D eigenvalue weighted by molar-refractivity contribution is -0.138. The third kappa shape index (κ3) is 4.55. The van der Waals surface area contributed by atoms with E-state index < -0.39 is 5.97 Å². The molecule has 0 spiro atoms. The molecule has 2 N–H and O–H groups in total. The third-order valence-corrected chi connectivity index (χ3v) is 3.69. The molecule has 0 aromatic heterocycles. The van der Waals surface area contributed by atoms with Gasteiger partial charge in [-0.2, -0.15) is 0 Å². The summed E-state index contributed by atoms with van der Waals surface area (Å²) in [7, 11) is 0. The zero-order chi connectivity index (χ0) is 13.7. The van der Waals surface area contributed by atoms with E-state index in [0.717, 1.165) is 12.3 Å². The first-order valence-electron chi connectivity index (χ1n) is 6.72. The predicted octanol–water partition coefficient (Wildman–Crippen LogP) is 1.93. The number of carboxylic acid groups (broad SMARTS) is 1. The van der Waals surface area contributed by atoms with Gasteiger partial charge in [-0.25, -0.2) is 4.79 Å². The molecule has 2 amide bonds. The van der Waals surface area contributed by atoms with Crippen molar-refractivity contribution in [3.8, 4) is 0 Å². The lowest BCUT2D eigenvalue weighted by Crippen LogP contribution is -2.48. The number of rotatable bonds is 7. The fourth-order valence-electron chi connectivity index (χ4n) is 1.98. The summed E-state index contributed by atoms with van der Waals surface area (Å²) in [5, 5.41) is 11.7. The Hall–Kier alpha value is -1.26. The highest BCUT2D eigenvalue weighted by Gasteiger charge is 2.29. The van der Waals surface area contributed by atoms with E-state index in [1.54, 1.807) is 0 Å². The Kier molecular flexibility index (Phi) is 5.44. The average Bonchev–Trinajstić information content (AvgIpc) is 3.15. The van der Waals surface area contributed by atoms with E-state index in [0.29, 0.717) is 12.5 Å². The van der Waals surface area contributed by atoms with Crippen LogP contribution in [0.4, 0.5) is 4.79 Å². The molecule has 18 heavy (non-hydrogen) atoms. The van der Waals surface area contributed by atoms with Crippen LogP contribution in [0.1, 0.15) is 40.0 Å². The molecule has 0 saturated heterocycles. The minimum absolute atomic E-state index is 0.0580. The number of hydrogen-bond acceptors (Lipinski definition) is 2. The molecule has 104 valence electrons. The van der Waals surface area contributed by atoms with Crippen LogP contribution in [0, 0.1) is 11.8 Å². The summed E-state index contributed by atoms with van der Waals surface area (Å²) in [4.78, 5) is 24.1. The van der Waals surface area contributed by atoms with Crippen LogP contribution in [0.3, 0.4) is 0 Å². The molecule has 5 heteroatoms. The standard InChI is InChI=1S/C13H24N2O3/c1-4-10(3)15(8-12(16)17)13(18)14-7-9(2)11-5-6-11/h9-11H,4-8H2,1-3H3,(H,14,18)(H,16,17). The lowest BCUT2D eigenvalue weighted by Gasteiger charge is -2.27. The summed E-state index contributed by atoms with van der Waals surface area (Å²) in [5.41, 5.74) is 0. The van der Waals surface area contributed by atoms with Crippen molar-refractivity contribution in [1.29, 1.82) is 0 Å². The number of aliphatic carboxylic acids is 1. The first-order valence-corrected chi connectivity index (χ1v) is 6.72. The Morgan fingerprint density at radius 1 is 1.39 bits per heavy atom. The molecule has 5 nitrogen and oxygen atoms in total. The monoisotopic (exact) mass is 256 g/mol. The topological polar surface area (TPSA) is 69.6 Å². The largest absolute Gasteiger partial charge is 0.480 e. The van der Waals surface area contributed by atoms with E-state index in [2.05, 4.69) is 12.2 Å². The Balaban J connectivity index is 2.44. The molecule has 1 aliphatic carbocycles. The smallest absolute Gasteiger partial charge is 0.323 e. The normalized spacial score (nSPS) is 17.9. The van der Waals surface area contributed by atoms with E-state index in [4.69, 9.17) is 5.11 Å². The van der Waals surface area contributed by atoms with Gasteiger partial charge in [-0.15, -0.1) is 0 Å². The van der Waals surface area contributed by atoms with E-state index in [-0.39, 0.29) is 18.6 Å². The van der Waals surface area contributed by atoms with Crippen LogP contribution in [0.5, 0.6) is 0 Å². The molecular weight excluding hydrogens is 232 g/mol. The molecule has 2 unspecified atom stereocenters. The summed E-state index contributed by atoms with van der Waals surface area (Å²) in [6.07, 6.45) is 3.25. The molecule has 1 aliphatic rings. The molecule has 0 heterocycles. The van der Waals surface area contributed by atoms with Crippen LogP contribution in [0.15, 0.2) is 0 Å². The van der Waals surface area contributed by atoms with Gasteiger partial charge in [0.15, 0.2) is 0 Å². The quantitative estimate of drug-likeness (QED) is 0.731. The lowest BCUT2D eigenvalue weighted by atomic mass is 10.1. The minimum Gasteiger partial charge on any atom is -0.480 e. The van der Waals surface area contributed by atoms with Crippen LogP contribution in [0.25, 0.3) is 0 Å². The second-order valence-electron chi connectivity index (χ2n) is 5.28. The Morgan fingerprint density at radius 3 is 2.44 bits per heavy atom. The van der Waals surface area contributed by atoms with Gasteiger partial charge in [0, 0.05) is 12.6 Å². The molecule has 0 aliphatic heterocycles. The van der Waals surface area contributed by atoms with Gasteiger partial charge < -0.3 is 15.3 Å². The summed E-state index contributed by atoms with van der Waals surface area (Å²) >= 11 is 0. The number of carboxylic acids is 1. The second kappa shape index (κ2) is 6.61. The maximum absolute atomic E-state index is 12.0. The van der Waals surface area contributed by atoms with Crippen LogP contribution in [-0.2, 0) is 4.79 Å². The van der Waals surface area contributed by atoms with Gasteiger partial charge in [-0.1, -0.05) is 13.8 Å². The van der Waals surface area contributed by atoms with Gasteiger partial charge in [0.25, 0.3) is 0 Å². The van der Waals surface area contributed by atoms with Crippen molar-refractivity contribution in [1.82, 2.24) is 10.2 Å². The minimum atomic E-state index is -0.972. The number of nitrogens with zero attached hydrogens (tertiary/aromatic N) is 1. The summed E-state index contributed by atoms with van der Waals surface area (Å²) in [6, 6.07) is -0.323. The highest BCUT2D eigenvalue weighted by Crippen LogP contribution is 2.36. The van der Waals surface area contributed by atoms with Gasteiger partial charge in [-0.05, 0) is 38.0 Å². The number of hydrogen-bond donors (Lipinski definition) is 2.